The summed E-state index contributed by atoms with van der Waals surface area (Å²) in [6, 6.07) is 16.7. The number of hydrogen-bond acceptors (Lipinski definition) is 6. The van der Waals surface area contributed by atoms with Crippen molar-refractivity contribution in [3.8, 4) is 11.5 Å². The van der Waals surface area contributed by atoms with Crippen molar-refractivity contribution in [1.29, 1.82) is 0 Å². The van der Waals surface area contributed by atoms with Gasteiger partial charge in [0.25, 0.3) is 5.56 Å². The molecule has 0 fully saturated rings. The van der Waals surface area contributed by atoms with E-state index in [-0.39, 0.29) is 18.0 Å². The molecule has 3 aromatic heterocycles. The first-order valence-corrected chi connectivity index (χ1v) is 9.74. The quantitative estimate of drug-likeness (QED) is 0.492. The number of amides is 1. The largest absolute Gasteiger partial charge is 0.454 e. The maximum Gasteiger partial charge on any atom is 0.261 e. The average Bonchev–Trinajstić information content (AvgIpc) is 3.37. The summed E-state index contributed by atoms with van der Waals surface area (Å²) < 4.78 is 7.09. The molecular weight excluding hydrogens is 388 g/mol. The monoisotopic (exact) mass is 402 g/mol. The highest BCUT2D eigenvalue weighted by atomic mass is 32.1. The number of hydrogen-bond donors (Lipinski definition) is 1. The van der Waals surface area contributed by atoms with Crippen LogP contribution in [-0.2, 0) is 11.3 Å². The van der Waals surface area contributed by atoms with Crippen molar-refractivity contribution in [1.82, 2.24) is 14.5 Å². The summed E-state index contributed by atoms with van der Waals surface area (Å²) in [5, 5.41) is 6.45. The number of fused-ring (bicyclic) bond motifs is 2. The molecule has 0 aliphatic heterocycles. The molecule has 1 N–H and O–H groups in total. The lowest BCUT2D eigenvalue weighted by atomic mass is 10.2. The first kappa shape index (κ1) is 17.3. The van der Waals surface area contributed by atoms with Crippen LogP contribution in [0.25, 0.3) is 33.3 Å². The molecule has 2 aromatic carbocycles. The van der Waals surface area contributed by atoms with Gasteiger partial charge in [-0.25, -0.2) is 9.97 Å². The van der Waals surface area contributed by atoms with E-state index in [0.717, 1.165) is 11.0 Å². The molecule has 1 amide bonds. The molecule has 0 saturated carbocycles. The third-order valence-corrected chi connectivity index (χ3v) is 5.23. The first-order chi connectivity index (χ1) is 14.2. The van der Waals surface area contributed by atoms with Crippen molar-refractivity contribution in [2.75, 3.05) is 5.32 Å². The van der Waals surface area contributed by atoms with Crippen molar-refractivity contribution in [3.05, 3.63) is 76.7 Å². The molecule has 0 aliphatic rings. The third kappa shape index (κ3) is 3.30. The van der Waals surface area contributed by atoms with Gasteiger partial charge in [0, 0.05) is 10.8 Å². The van der Waals surface area contributed by atoms with E-state index in [0.29, 0.717) is 27.5 Å². The van der Waals surface area contributed by atoms with E-state index in [4.69, 9.17) is 4.42 Å². The molecule has 0 aliphatic carbocycles. The Morgan fingerprint density at radius 1 is 1.14 bits per heavy atom. The van der Waals surface area contributed by atoms with E-state index in [1.807, 2.05) is 41.8 Å². The topological polar surface area (TPSA) is 90.0 Å². The highest BCUT2D eigenvalue weighted by Gasteiger charge is 2.13. The van der Waals surface area contributed by atoms with Crippen molar-refractivity contribution in [2.45, 2.75) is 6.54 Å². The van der Waals surface area contributed by atoms with Crippen LogP contribution in [0.2, 0.25) is 0 Å². The van der Waals surface area contributed by atoms with E-state index < -0.39 is 0 Å². The summed E-state index contributed by atoms with van der Waals surface area (Å²) in [4.78, 5) is 33.6. The molecule has 0 unspecified atom stereocenters. The minimum Gasteiger partial charge on any atom is -0.454 e. The Morgan fingerprint density at radius 3 is 2.86 bits per heavy atom. The number of benzene rings is 2. The van der Waals surface area contributed by atoms with E-state index >= 15 is 0 Å². The highest BCUT2D eigenvalue weighted by molar-refractivity contribution is 7.14. The Bertz CT molecular complexity index is 1380. The average molecular weight is 402 g/mol. The van der Waals surface area contributed by atoms with E-state index in [9.17, 15) is 9.59 Å². The van der Waals surface area contributed by atoms with E-state index in [2.05, 4.69) is 15.3 Å². The summed E-state index contributed by atoms with van der Waals surface area (Å²) in [6.07, 6.45) is 1.38. The second-order valence-corrected chi connectivity index (χ2v) is 7.29. The normalized spacial score (nSPS) is 11.2. The molecule has 0 atom stereocenters. The number of furan rings is 1. The smallest absolute Gasteiger partial charge is 0.261 e. The number of rotatable bonds is 4. The molecule has 8 heteroatoms. The highest BCUT2D eigenvalue weighted by Crippen LogP contribution is 2.30. The molecule has 29 heavy (non-hydrogen) atoms. The summed E-state index contributed by atoms with van der Waals surface area (Å²) in [5.41, 5.74) is 1.77. The lowest BCUT2D eigenvalue weighted by Gasteiger charge is -2.06. The maximum absolute atomic E-state index is 12.5. The van der Waals surface area contributed by atoms with E-state index in [1.54, 1.807) is 18.2 Å². The van der Waals surface area contributed by atoms with Gasteiger partial charge in [-0.2, -0.15) is 0 Å². The van der Waals surface area contributed by atoms with Crippen LogP contribution in [0.15, 0.2) is 75.5 Å². The third-order valence-electron chi connectivity index (χ3n) is 4.47. The summed E-state index contributed by atoms with van der Waals surface area (Å²) in [7, 11) is 0. The molecule has 5 rings (SSSR count). The molecule has 0 radical (unpaired) electrons. The van der Waals surface area contributed by atoms with Crippen LogP contribution in [0.4, 0.5) is 5.13 Å². The first-order valence-electron chi connectivity index (χ1n) is 8.86. The fraction of sp³-hybridized carbons (Fsp3) is 0.0476. The van der Waals surface area contributed by atoms with Crippen LogP contribution in [0.1, 0.15) is 0 Å². The van der Waals surface area contributed by atoms with Crippen molar-refractivity contribution < 1.29 is 9.21 Å². The van der Waals surface area contributed by atoms with Crippen LogP contribution >= 0.6 is 11.3 Å². The second kappa shape index (κ2) is 6.99. The number of nitrogens with one attached hydrogen (secondary N) is 1. The van der Waals surface area contributed by atoms with Crippen molar-refractivity contribution >= 4 is 44.2 Å². The summed E-state index contributed by atoms with van der Waals surface area (Å²) in [6.45, 7) is -0.143. The van der Waals surface area contributed by atoms with Gasteiger partial charge in [0.2, 0.25) is 5.91 Å². The Hall–Kier alpha value is -3.78. The van der Waals surface area contributed by atoms with Gasteiger partial charge < -0.3 is 9.73 Å². The Balaban J connectivity index is 1.34. The molecule has 0 spiro atoms. The van der Waals surface area contributed by atoms with E-state index in [1.165, 1.54) is 22.2 Å². The minimum atomic E-state index is -0.352. The Kier molecular flexibility index (Phi) is 4.18. The van der Waals surface area contributed by atoms with Gasteiger partial charge in [0.05, 0.1) is 17.2 Å². The van der Waals surface area contributed by atoms with Gasteiger partial charge in [0.1, 0.15) is 17.8 Å². The van der Waals surface area contributed by atoms with Crippen LogP contribution in [0.3, 0.4) is 0 Å². The maximum atomic E-state index is 12.5. The minimum absolute atomic E-state index is 0.143. The number of thiazole rings is 1. The fourth-order valence-electron chi connectivity index (χ4n) is 3.08. The second-order valence-electron chi connectivity index (χ2n) is 6.43. The molecule has 7 nitrogen and oxygen atoms in total. The van der Waals surface area contributed by atoms with Gasteiger partial charge in [-0.3, -0.25) is 14.2 Å². The molecular formula is C21H14N4O3S. The van der Waals surface area contributed by atoms with Gasteiger partial charge in [-0.1, -0.05) is 30.3 Å². The Labute approximate surface area is 168 Å². The predicted octanol–water partition coefficient (Wildman–Crippen LogP) is 3.90. The standard InChI is InChI=1S/C21H14N4O3S/c26-19(10-25-12-22-15-7-3-2-6-14(15)20(25)27)24-21-23-16(11-29-21)18-9-13-5-1-4-8-17(13)28-18/h1-9,11-12H,10H2,(H,23,24,26). The number of nitrogens with zero attached hydrogens (tertiary/aromatic N) is 3. The number of carbonyl (C=O) groups is 1. The predicted molar refractivity (Wildman–Crippen MR) is 112 cm³/mol. The van der Waals surface area contributed by atoms with Gasteiger partial charge in [-0.15, -0.1) is 11.3 Å². The SMILES string of the molecule is O=C(Cn1cnc2ccccc2c1=O)Nc1nc(-c2cc3ccccc3o2)cs1. The van der Waals surface area contributed by atoms with Crippen LogP contribution in [0.5, 0.6) is 0 Å². The van der Waals surface area contributed by atoms with Crippen molar-refractivity contribution in [3.63, 3.8) is 0 Å². The molecule has 0 bridgehead atoms. The zero-order valence-electron chi connectivity index (χ0n) is 15.0. The molecule has 142 valence electrons. The number of anilines is 1. The molecule has 3 heterocycles. The van der Waals surface area contributed by atoms with Crippen LogP contribution < -0.4 is 10.9 Å². The van der Waals surface area contributed by atoms with Crippen molar-refractivity contribution in [2.24, 2.45) is 0 Å². The summed E-state index contributed by atoms with van der Waals surface area (Å²) in [5.74, 6) is 0.285. The molecule has 5 aromatic rings. The summed E-state index contributed by atoms with van der Waals surface area (Å²) >= 11 is 1.29. The lowest BCUT2D eigenvalue weighted by Crippen LogP contribution is -2.27. The Morgan fingerprint density at radius 2 is 1.97 bits per heavy atom. The molecule has 0 saturated heterocycles. The zero-order valence-corrected chi connectivity index (χ0v) is 15.8. The van der Waals surface area contributed by atoms with Crippen LogP contribution in [-0.4, -0.2) is 20.4 Å². The number of aromatic nitrogens is 3. The lowest BCUT2D eigenvalue weighted by molar-refractivity contribution is -0.116. The van der Waals surface area contributed by atoms with Gasteiger partial charge >= 0.3 is 0 Å². The van der Waals surface area contributed by atoms with Gasteiger partial charge in [-0.05, 0) is 24.3 Å². The zero-order chi connectivity index (χ0) is 19.8. The number of para-hydroxylation sites is 2. The van der Waals surface area contributed by atoms with Crippen LogP contribution in [0, 0.1) is 0 Å². The van der Waals surface area contributed by atoms with Gasteiger partial charge in [0.15, 0.2) is 10.9 Å². The fourth-order valence-corrected chi connectivity index (χ4v) is 3.80. The number of carbonyl (C=O) groups excluding carboxylic acids is 1.